The van der Waals surface area contributed by atoms with Crippen molar-refractivity contribution in [2.24, 2.45) is 5.92 Å². The maximum Gasteiger partial charge on any atom is 0.286 e. The van der Waals surface area contributed by atoms with Crippen LogP contribution in [0, 0.1) is 5.92 Å². The van der Waals surface area contributed by atoms with E-state index in [1.54, 1.807) is 24.0 Å². The summed E-state index contributed by atoms with van der Waals surface area (Å²) >= 11 is 0. The molecule has 2 rings (SSSR count). The number of hydrogen-bond acceptors (Lipinski definition) is 4. The molecule has 1 aromatic rings. The predicted octanol–water partition coefficient (Wildman–Crippen LogP) is 0.629. The van der Waals surface area contributed by atoms with E-state index >= 15 is 0 Å². The smallest absolute Gasteiger partial charge is 0.286 e. The molecule has 2 N–H and O–H groups in total. The zero-order valence-corrected chi connectivity index (χ0v) is 11.5. The van der Waals surface area contributed by atoms with Crippen LogP contribution in [0.1, 0.15) is 30.3 Å². The Morgan fingerprint density at radius 2 is 2.40 bits per heavy atom. The Balaban J connectivity index is 1.70. The maximum absolute atomic E-state index is 12.0. The van der Waals surface area contributed by atoms with Crippen LogP contribution in [0.4, 0.5) is 0 Å². The van der Waals surface area contributed by atoms with E-state index in [1.165, 1.54) is 6.26 Å². The number of hydrogen-bond donors (Lipinski definition) is 2. The number of aliphatic hydroxyl groups excluding tert-OH is 1. The Morgan fingerprint density at radius 1 is 1.60 bits per heavy atom. The van der Waals surface area contributed by atoms with E-state index in [9.17, 15) is 14.7 Å². The van der Waals surface area contributed by atoms with E-state index in [2.05, 4.69) is 5.32 Å². The third-order valence-corrected chi connectivity index (χ3v) is 3.63. The second-order valence-electron chi connectivity index (χ2n) is 5.11. The van der Waals surface area contributed by atoms with Crippen LogP contribution < -0.4 is 5.32 Å². The predicted molar refractivity (Wildman–Crippen MR) is 72.0 cm³/mol. The Kier molecular flexibility index (Phi) is 4.79. The summed E-state index contributed by atoms with van der Waals surface area (Å²) in [5, 5.41) is 12.1. The third-order valence-electron chi connectivity index (χ3n) is 3.63. The lowest BCUT2D eigenvalue weighted by atomic mass is 10.0. The van der Waals surface area contributed by atoms with Crippen molar-refractivity contribution in [1.29, 1.82) is 0 Å². The molecule has 0 spiro atoms. The number of likely N-dealkylation sites (tertiary alicyclic amines) is 1. The quantitative estimate of drug-likeness (QED) is 0.828. The molecule has 2 atom stereocenters. The van der Waals surface area contributed by atoms with Crippen LogP contribution >= 0.6 is 0 Å². The Bertz CT molecular complexity index is 456. The third kappa shape index (κ3) is 3.60. The first kappa shape index (κ1) is 14.6. The van der Waals surface area contributed by atoms with Crippen LogP contribution in [0.15, 0.2) is 22.8 Å². The molecule has 1 saturated heterocycles. The molecule has 0 saturated carbocycles. The van der Waals surface area contributed by atoms with Gasteiger partial charge in [0.15, 0.2) is 5.76 Å². The van der Waals surface area contributed by atoms with E-state index in [1.807, 2.05) is 0 Å². The second kappa shape index (κ2) is 6.56. The highest BCUT2D eigenvalue weighted by Gasteiger charge is 2.28. The average molecular weight is 280 g/mol. The maximum atomic E-state index is 12.0. The van der Waals surface area contributed by atoms with Crippen LogP contribution in [-0.2, 0) is 4.79 Å². The van der Waals surface area contributed by atoms with Gasteiger partial charge in [0.25, 0.3) is 5.91 Å². The highest BCUT2D eigenvalue weighted by atomic mass is 16.3. The molecule has 20 heavy (non-hydrogen) atoms. The first-order valence-corrected chi connectivity index (χ1v) is 6.85. The number of amides is 2. The molecule has 2 heterocycles. The van der Waals surface area contributed by atoms with Crippen LogP contribution in [-0.4, -0.2) is 47.6 Å². The molecular formula is C14H20N2O4. The lowest BCUT2D eigenvalue weighted by Crippen LogP contribution is -2.34. The van der Waals surface area contributed by atoms with Gasteiger partial charge in [0, 0.05) is 32.0 Å². The lowest BCUT2D eigenvalue weighted by molar-refractivity contribution is -0.130. The van der Waals surface area contributed by atoms with Crippen molar-refractivity contribution in [2.75, 3.05) is 19.6 Å². The van der Waals surface area contributed by atoms with Crippen LogP contribution in [0.5, 0.6) is 0 Å². The Labute approximate surface area is 117 Å². The normalized spacial score (nSPS) is 19.9. The van der Waals surface area contributed by atoms with Crippen molar-refractivity contribution in [1.82, 2.24) is 10.2 Å². The molecular weight excluding hydrogens is 260 g/mol. The molecule has 0 aromatic carbocycles. The molecule has 1 fully saturated rings. The van der Waals surface area contributed by atoms with Gasteiger partial charge >= 0.3 is 0 Å². The molecule has 110 valence electrons. The van der Waals surface area contributed by atoms with E-state index in [4.69, 9.17) is 4.42 Å². The summed E-state index contributed by atoms with van der Waals surface area (Å²) in [6.45, 7) is 3.32. The van der Waals surface area contributed by atoms with Crippen molar-refractivity contribution in [3.63, 3.8) is 0 Å². The number of nitrogens with one attached hydrogen (secondary N) is 1. The molecule has 1 aliphatic rings. The van der Waals surface area contributed by atoms with E-state index in [-0.39, 0.29) is 42.6 Å². The van der Waals surface area contributed by atoms with Crippen molar-refractivity contribution in [3.8, 4) is 0 Å². The minimum absolute atomic E-state index is 0.00731. The van der Waals surface area contributed by atoms with Gasteiger partial charge in [0.1, 0.15) is 0 Å². The van der Waals surface area contributed by atoms with Gasteiger partial charge in [0.05, 0.1) is 12.4 Å². The molecule has 6 nitrogen and oxygen atoms in total. The largest absolute Gasteiger partial charge is 0.459 e. The van der Waals surface area contributed by atoms with Gasteiger partial charge in [-0.25, -0.2) is 0 Å². The molecule has 2 amide bonds. The Hall–Kier alpha value is -1.82. The summed E-state index contributed by atoms with van der Waals surface area (Å²) in [6.07, 6.45) is 2.15. The second-order valence-corrected chi connectivity index (χ2v) is 5.11. The molecule has 1 aliphatic heterocycles. The minimum Gasteiger partial charge on any atom is -0.459 e. The summed E-state index contributed by atoms with van der Waals surface area (Å²) in [5.41, 5.74) is 0. The number of rotatable bonds is 5. The lowest BCUT2D eigenvalue weighted by Gasteiger charge is -2.17. The molecule has 2 unspecified atom stereocenters. The van der Waals surface area contributed by atoms with Gasteiger partial charge in [-0.3, -0.25) is 9.59 Å². The minimum atomic E-state index is -0.383. The number of carbonyl (C=O) groups excluding carboxylic acids is 2. The van der Waals surface area contributed by atoms with Gasteiger partial charge in [-0.1, -0.05) is 0 Å². The summed E-state index contributed by atoms with van der Waals surface area (Å²) in [5.74, 6) is 0.100. The number of carbonyl (C=O) groups is 2. The van der Waals surface area contributed by atoms with Crippen molar-refractivity contribution >= 4 is 11.8 Å². The molecule has 0 aliphatic carbocycles. The van der Waals surface area contributed by atoms with Crippen molar-refractivity contribution < 1.29 is 19.1 Å². The van der Waals surface area contributed by atoms with Crippen LogP contribution in [0.3, 0.4) is 0 Å². The summed E-state index contributed by atoms with van der Waals surface area (Å²) in [4.78, 5) is 25.3. The van der Waals surface area contributed by atoms with E-state index in [0.717, 1.165) is 6.42 Å². The Morgan fingerprint density at radius 3 is 3.00 bits per heavy atom. The monoisotopic (exact) mass is 280 g/mol. The highest BCUT2D eigenvalue weighted by molar-refractivity contribution is 5.91. The fourth-order valence-corrected chi connectivity index (χ4v) is 2.34. The fourth-order valence-electron chi connectivity index (χ4n) is 2.34. The van der Waals surface area contributed by atoms with E-state index < -0.39 is 0 Å². The summed E-state index contributed by atoms with van der Waals surface area (Å²) in [7, 11) is 0. The first-order chi connectivity index (χ1) is 9.58. The van der Waals surface area contributed by atoms with Crippen molar-refractivity contribution in [3.05, 3.63) is 24.2 Å². The van der Waals surface area contributed by atoms with Gasteiger partial charge in [-0.15, -0.1) is 0 Å². The standard InChI is InChI=1S/C14H20N2O4/c1-10(17)11-5-7-16(9-11)13(18)4-6-15-14(19)12-3-2-8-20-12/h2-3,8,10-11,17H,4-7,9H2,1H3,(H,15,19). The molecule has 1 aromatic heterocycles. The van der Waals surface area contributed by atoms with Crippen LogP contribution in [0.2, 0.25) is 0 Å². The SMILES string of the molecule is CC(O)C1CCN(C(=O)CCNC(=O)c2ccco2)C1. The zero-order valence-electron chi connectivity index (χ0n) is 11.5. The van der Waals surface area contributed by atoms with Gasteiger partial charge in [-0.05, 0) is 25.5 Å². The highest BCUT2D eigenvalue weighted by Crippen LogP contribution is 2.20. The molecule has 6 heteroatoms. The van der Waals surface area contributed by atoms with E-state index in [0.29, 0.717) is 13.1 Å². The van der Waals surface area contributed by atoms with Gasteiger partial charge in [0.2, 0.25) is 5.91 Å². The van der Waals surface area contributed by atoms with Gasteiger partial charge < -0.3 is 19.7 Å². The summed E-state index contributed by atoms with van der Waals surface area (Å²) in [6, 6.07) is 3.21. The fraction of sp³-hybridized carbons (Fsp3) is 0.571. The first-order valence-electron chi connectivity index (χ1n) is 6.85. The van der Waals surface area contributed by atoms with Gasteiger partial charge in [-0.2, -0.15) is 0 Å². The zero-order chi connectivity index (χ0) is 14.5. The number of aliphatic hydroxyl groups is 1. The topological polar surface area (TPSA) is 82.8 Å². The summed E-state index contributed by atoms with van der Waals surface area (Å²) < 4.78 is 4.96. The van der Waals surface area contributed by atoms with Crippen LogP contribution in [0.25, 0.3) is 0 Å². The molecule has 0 radical (unpaired) electrons. The van der Waals surface area contributed by atoms with Crippen molar-refractivity contribution in [2.45, 2.75) is 25.9 Å². The number of furan rings is 1. The average Bonchev–Trinajstić information content (AvgIpc) is 3.09. The molecule has 0 bridgehead atoms. The number of nitrogens with zero attached hydrogens (tertiary/aromatic N) is 1.